The number of nitrogens with zero attached hydrogens (tertiary/aromatic N) is 4. The quantitative estimate of drug-likeness (QED) is 0.799. The van der Waals surface area contributed by atoms with E-state index in [-0.39, 0.29) is 5.57 Å². The molecule has 0 fully saturated rings. The molecule has 0 aliphatic rings. The summed E-state index contributed by atoms with van der Waals surface area (Å²) in [6.07, 6.45) is 3.49. The molecule has 2 rings (SSSR count). The zero-order chi connectivity index (χ0) is 14.5. The monoisotopic (exact) mass is 262 g/mol. The number of allylic oxidation sites excluding steroid dienone is 1. The molecule has 0 radical (unpaired) electrons. The predicted octanol–water partition coefficient (Wildman–Crippen LogP) is 2.97. The first-order valence-corrected chi connectivity index (χ1v) is 6.12. The molecule has 0 bridgehead atoms. The molecule has 20 heavy (non-hydrogen) atoms. The van der Waals surface area contributed by atoms with Crippen molar-refractivity contribution in [2.75, 3.05) is 19.0 Å². The Morgan fingerprint density at radius 1 is 1.10 bits per heavy atom. The van der Waals surface area contributed by atoms with Crippen LogP contribution in [-0.4, -0.2) is 18.7 Å². The van der Waals surface area contributed by atoms with Gasteiger partial charge in [-0.25, -0.2) is 0 Å². The van der Waals surface area contributed by atoms with Gasteiger partial charge in [0.2, 0.25) is 0 Å². The topological polar surface area (TPSA) is 55.8 Å². The van der Waals surface area contributed by atoms with Gasteiger partial charge in [-0.2, -0.15) is 10.5 Å². The number of hydrogen-bond acceptors (Lipinski definition) is 3. The average molecular weight is 262 g/mol. The van der Waals surface area contributed by atoms with Gasteiger partial charge in [-0.15, -0.1) is 0 Å². The number of anilines is 1. The molecule has 1 heterocycles. The minimum absolute atomic E-state index is 0.0925. The van der Waals surface area contributed by atoms with Gasteiger partial charge in [-0.05, 0) is 42.5 Å². The summed E-state index contributed by atoms with van der Waals surface area (Å²) in [5, 5.41) is 17.7. The van der Waals surface area contributed by atoms with Gasteiger partial charge < -0.3 is 9.47 Å². The first kappa shape index (κ1) is 13.5. The van der Waals surface area contributed by atoms with Gasteiger partial charge in [0.15, 0.2) is 0 Å². The van der Waals surface area contributed by atoms with Crippen molar-refractivity contribution in [3.63, 3.8) is 0 Å². The van der Waals surface area contributed by atoms with E-state index in [2.05, 4.69) is 0 Å². The molecule has 2 aromatic rings. The van der Waals surface area contributed by atoms with Crippen molar-refractivity contribution in [1.82, 2.24) is 4.57 Å². The van der Waals surface area contributed by atoms with Crippen LogP contribution in [0.4, 0.5) is 5.69 Å². The van der Waals surface area contributed by atoms with Crippen molar-refractivity contribution in [2.45, 2.75) is 0 Å². The zero-order valence-electron chi connectivity index (χ0n) is 11.4. The van der Waals surface area contributed by atoms with Crippen LogP contribution >= 0.6 is 0 Å². The lowest BCUT2D eigenvalue weighted by Gasteiger charge is -2.13. The third-order valence-corrected chi connectivity index (χ3v) is 2.96. The Kier molecular flexibility index (Phi) is 3.88. The van der Waals surface area contributed by atoms with E-state index in [4.69, 9.17) is 10.5 Å². The lowest BCUT2D eigenvalue weighted by atomic mass is 10.2. The summed E-state index contributed by atoms with van der Waals surface area (Å²) in [6, 6.07) is 15.6. The molecule has 0 spiro atoms. The maximum absolute atomic E-state index is 8.83. The molecule has 0 atom stereocenters. The number of hydrogen-bond donors (Lipinski definition) is 0. The summed E-state index contributed by atoms with van der Waals surface area (Å²) in [7, 11) is 3.98. The molecule has 1 aromatic heterocycles. The van der Waals surface area contributed by atoms with Crippen LogP contribution in [0.15, 0.2) is 48.2 Å². The van der Waals surface area contributed by atoms with Crippen LogP contribution in [0.25, 0.3) is 11.8 Å². The molecule has 0 unspecified atom stereocenters. The number of rotatable bonds is 3. The fourth-order valence-corrected chi connectivity index (χ4v) is 1.90. The fraction of sp³-hybridized carbons (Fsp3) is 0.125. The Balaban J connectivity index is 2.41. The van der Waals surface area contributed by atoms with Crippen molar-refractivity contribution in [3.8, 4) is 17.8 Å². The molecule has 0 aliphatic heterocycles. The Morgan fingerprint density at radius 3 is 2.30 bits per heavy atom. The molecule has 4 heteroatoms. The van der Waals surface area contributed by atoms with E-state index in [1.807, 2.05) is 78.3 Å². The van der Waals surface area contributed by atoms with E-state index in [1.54, 1.807) is 6.08 Å². The minimum atomic E-state index is 0.0925. The van der Waals surface area contributed by atoms with Gasteiger partial charge >= 0.3 is 0 Å². The van der Waals surface area contributed by atoms with E-state index in [1.165, 1.54) is 0 Å². The van der Waals surface area contributed by atoms with Crippen molar-refractivity contribution >= 4 is 11.8 Å². The van der Waals surface area contributed by atoms with Crippen molar-refractivity contribution < 1.29 is 0 Å². The maximum atomic E-state index is 8.83. The van der Waals surface area contributed by atoms with Gasteiger partial charge in [0.1, 0.15) is 17.7 Å². The van der Waals surface area contributed by atoms with Gasteiger partial charge in [0, 0.05) is 37.4 Å². The second kappa shape index (κ2) is 5.77. The molecule has 0 saturated carbocycles. The molecule has 4 nitrogen and oxygen atoms in total. The maximum Gasteiger partial charge on any atom is 0.131 e. The van der Waals surface area contributed by atoms with Crippen LogP contribution in [0, 0.1) is 22.7 Å². The molecule has 0 aliphatic carbocycles. The third kappa shape index (κ3) is 2.71. The van der Waals surface area contributed by atoms with Crippen LogP contribution in [0.5, 0.6) is 0 Å². The van der Waals surface area contributed by atoms with E-state index >= 15 is 0 Å². The smallest absolute Gasteiger partial charge is 0.131 e. The Morgan fingerprint density at radius 2 is 1.75 bits per heavy atom. The highest BCUT2D eigenvalue weighted by atomic mass is 15.1. The van der Waals surface area contributed by atoms with E-state index in [0.717, 1.165) is 17.1 Å². The summed E-state index contributed by atoms with van der Waals surface area (Å²) in [6.45, 7) is 0. The molecule has 1 aromatic carbocycles. The normalized spacial score (nSPS) is 9.40. The second-order valence-electron chi connectivity index (χ2n) is 4.50. The highest BCUT2D eigenvalue weighted by Crippen LogP contribution is 2.19. The molecule has 0 N–H and O–H groups in total. The molecule has 0 amide bonds. The highest BCUT2D eigenvalue weighted by Gasteiger charge is 2.03. The van der Waals surface area contributed by atoms with E-state index in [9.17, 15) is 0 Å². The Labute approximate surface area is 118 Å². The Bertz CT molecular complexity index is 690. The van der Waals surface area contributed by atoms with E-state index < -0.39 is 0 Å². The van der Waals surface area contributed by atoms with Crippen LogP contribution in [0.1, 0.15) is 5.69 Å². The van der Waals surface area contributed by atoms with E-state index in [0.29, 0.717) is 0 Å². The standard InChI is InChI=1S/C16H14N4/c1-19(2)14-5-7-15(8-6-14)20-9-3-4-16(20)10-13(11-17)12-18/h3-10H,1-2H3. The zero-order valence-corrected chi connectivity index (χ0v) is 11.4. The molecular weight excluding hydrogens is 248 g/mol. The number of nitriles is 2. The lowest BCUT2D eigenvalue weighted by Crippen LogP contribution is -2.08. The van der Waals surface area contributed by atoms with Crippen molar-refractivity contribution in [2.24, 2.45) is 0 Å². The first-order valence-electron chi connectivity index (χ1n) is 6.12. The highest BCUT2D eigenvalue weighted by molar-refractivity contribution is 5.62. The number of aromatic nitrogens is 1. The average Bonchev–Trinajstić information content (AvgIpc) is 2.92. The molecular formula is C16H14N4. The third-order valence-electron chi connectivity index (χ3n) is 2.96. The summed E-state index contributed by atoms with van der Waals surface area (Å²) in [4.78, 5) is 2.03. The van der Waals surface area contributed by atoms with Gasteiger partial charge in [0.25, 0.3) is 0 Å². The summed E-state index contributed by atoms with van der Waals surface area (Å²) >= 11 is 0. The SMILES string of the molecule is CN(C)c1ccc(-n2cccc2C=C(C#N)C#N)cc1. The summed E-state index contributed by atoms with van der Waals surface area (Å²) in [5.41, 5.74) is 3.00. The van der Waals surface area contributed by atoms with Crippen molar-refractivity contribution in [3.05, 3.63) is 53.9 Å². The summed E-state index contributed by atoms with van der Waals surface area (Å²) in [5.74, 6) is 0. The minimum Gasteiger partial charge on any atom is -0.378 e. The van der Waals surface area contributed by atoms with Crippen LogP contribution < -0.4 is 4.90 Å². The fourth-order valence-electron chi connectivity index (χ4n) is 1.90. The largest absolute Gasteiger partial charge is 0.378 e. The summed E-state index contributed by atoms with van der Waals surface area (Å²) < 4.78 is 1.94. The lowest BCUT2D eigenvalue weighted by molar-refractivity contribution is 1.06. The first-order chi connectivity index (χ1) is 9.65. The van der Waals surface area contributed by atoms with Crippen LogP contribution in [-0.2, 0) is 0 Å². The predicted molar refractivity (Wildman–Crippen MR) is 79.3 cm³/mol. The molecule has 0 saturated heterocycles. The Hall–Kier alpha value is -2.98. The van der Waals surface area contributed by atoms with Gasteiger partial charge in [0.05, 0.1) is 0 Å². The number of benzene rings is 1. The molecule has 98 valence electrons. The van der Waals surface area contributed by atoms with Crippen LogP contribution in [0.3, 0.4) is 0 Å². The second-order valence-corrected chi connectivity index (χ2v) is 4.50. The van der Waals surface area contributed by atoms with Crippen molar-refractivity contribution in [1.29, 1.82) is 10.5 Å². The van der Waals surface area contributed by atoms with Gasteiger partial charge in [-0.3, -0.25) is 0 Å². The van der Waals surface area contributed by atoms with Gasteiger partial charge in [-0.1, -0.05) is 0 Å². The van der Waals surface area contributed by atoms with Crippen LogP contribution in [0.2, 0.25) is 0 Å².